The Labute approximate surface area is 163 Å². The smallest absolute Gasteiger partial charge is 0.328 e. The number of aromatic nitrogens is 1. The maximum Gasteiger partial charge on any atom is 0.328 e. The van der Waals surface area contributed by atoms with Gasteiger partial charge in [0.2, 0.25) is 11.8 Å². The van der Waals surface area contributed by atoms with Crippen LogP contribution in [0.15, 0.2) is 18.3 Å². The summed E-state index contributed by atoms with van der Waals surface area (Å²) >= 11 is 0. The molecule has 7 nitrogen and oxygen atoms in total. The van der Waals surface area contributed by atoms with Gasteiger partial charge >= 0.3 is 5.97 Å². The highest BCUT2D eigenvalue weighted by Crippen LogP contribution is 2.42. The number of aliphatic carboxylic acids is 1. The minimum atomic E-state index is -1.01. The third kappa shape index (κ3) is 3.53. The van der Waals surface area contributed by atoms with E-state index in [9.17, 15) is 14.4 Å². The molecule has 2 fully saturated rings. The van der Waals surface area contributed by atoms with Crippen molar-refractivity contribution in [3.63, 3.8) is 0 Å². The van der Waals surface area contributed by atoms with Crippen molar-refractivity contribution in [1.82, 2.24) is 9.88 Å². The second-order valence-corrected chi connectivity index (χ2v) is 8.17. The van der Waals surface area contributed by atoms with Gasteiger partial charge in [0.1, 0.15) is 5.82 Å². The van der Waals surface area contributed by atoms with Crippen molar-refractivity contribution in [3.05, 3.63) is 29.5 Å². The number of rotatable bonds is 3. The normalized spacial score (nSPS) is 21.7. The summed E-state index contributed by atoms with van der Waals surface area (Å²) < 4.78 is 0. The van der Waals surface area contributed by atoms with Crippen LogP contribution in [0.25, 0.3) is 6.08 Å². The Morgan fingerprint density at radius 1 is 1.25 bits per heavy atom. The fourth-order valence-electron chi connectivity index (χ4n) is 4.71. The van der Waals surface area contributed by atoms with Gasteiger partial charge in [0.15, 0.2) is 0 Å². The molecule has 28 heavy (non-hydrogen) atoms. The molecule has 4 rings (SSSR count). The number of piperidine rings is 1. The number of amides is 2. The Bertz CT molecular complexity index is 834. The molecule has 0 radical (unpaired) electrons. The molecular weight excluding hydrogens is 358 g/mol. The monoisotopic (exact) mass is 383 g/mol. The second kappa shape index (κ2) is 7.37. The molecule has 3 aliphatic rings. The molecule has 3 heterocycles. The number of hydrogen-bond donors (Lipinski definition) is 2. The van der Waals surface area contributed by atoms with Crippen LogP contribution >= 0.6 is 0 Å². The van der Waals surface area contributed by atoms with E-state index in [0.717, 1.165) is 37.3 Å². The van der Waals surface area contributed by atoms with Crippen molar-refractivity contribution in [3.8, 4) is 0 Å². The summed E-state index contributed by atoms with van der Waals surface area (Å²) in [6.07, 6.45) is 10.3. The number of carboxylic acids is 1. The molecule has 2 N–H and O–H groups in total. The predicted molar refractivity (Wildman–Crippen MR) is 103 cm³/mol. The first-order valence-corrected chi connectivity index (χ1v) is 9.97. The number of likely N-dealkylation sites (tertiary alicyclic amines) is 1. The van der Waals surface area contributed by atoms with Crippen LogP contribution in [0.5, 0.6) is 0 Å². The number of nitrogens with one attached hydrogen (secondary N) is 1. The number of nitrogens with zero attached hydrogens (tertiary/aromatic N) is 2. The summed E-state index contributed by atoms with van der Waals surface area (Å²) in [4.78, 5) is 42.5. The minimum absolute atomic E-state index is 0.0192. The topological polar surface area (TPSA) is 99.6 Å². The van der Waals surface area contributed by atoms with E-state index in [4.69, 9.17) is 5.11 Å². The third-order valence-electron chi connectivity index (χ3n) is 6.39. The average Bonchev–Trinajstić information content (AvgIpc) is 3.22. The first-order chi connectivity index (χ1) is 13.5. The van der Waals surface area contributed by atoms with E-state index < -0.39 is 11.4 Å². The molecular formula is C21H25N3O4. The molecule has 2 amide bonds. The van der Waals surface area contributed by atoms with E-state index in [-0.39, 0.29) is 17.7 Å². The van der Waals surface area contributed by atoms with Crippen molar-refractivity contribution < 1.29 is 19.5 Å². The minimum Gasteiger partial charge on any atom is -0.478 e. The third-order valence-corrected chi connectivity index (χ3v) is 6.39. The Morgan fingerprint density at radius 2 is 1.96 bits per heavy atom. The van der Waals surface area contributed by atoms with E-state index >= 15 is 0 Å². The molecule has 1 aliphatic carbocycles. The second-order valence-electron chi connectivity index (χ2n) is 8.17. The molecule has 1 saturated heterocycles. The fourth-order valence-corrected chi connectivity index (χ4v) is 4.71. The van der Waals surface area contributed by atoms with Gasteiger partial charge in [0, 0.05) is 31.3 Å². The first-order valence-electron chi connectivity index (χ1n) is 9.97. The SMILES string of the molecule is O=C(O)C=Cc1cnc2c(c1)CC1(CCN(C(=O)C3CCCC3)CC1)C(=O)N2. The maximum atomic E-state index is 12.8. The lowest BCUT2D eigenvalue weighted by Gasteiger charge is -2.43. The van der Waals surface area contributed by atoms with Gasteiger partial charge in [0.05, 0.1) is 5.41 Å². The maximum absolute atomic E-state index is 12.8. The zero-order chi connectivity index (χ0) is 19.7. The van der Waals surface area contributed by atoms with E-state index in [1.54, 1.807) is 6.20 Å². The molecule has 1 spiro atoms. The predicted octanol–water partition coefficient (Wildman–Crippen LogP) is 2.47. The van der Waals surface area contributed by atoms with Gasteiger partial charge < -0.3 is 15.3 Å². The Balaban J connectivity index is 1.48. The van der Waals surface area contributed by atoms with Crippen LogP contribution in [0.3, 0.4) is 0 Å². The lowest BCUT2D eigenvalue weighted by molar-refractivity contribution is -0.141. The van der Waals surface area contributed by atoms with Gasteiger partial charge in [0.25, 0.3) is 0 Å². The van der Waals surface area contributed by atoms with Gasteiger partial charge in [-0.1, -0.05) is 12.8 Å². The lowest BCUT2D eigenvalue weighted by Crippen LogP contribution is -2.52. The van der Waals surface area contributed by atoms with E-state index in [1.807, 2.05) is 11.0 Å². The van der Waals surface area contributed by atoms with E-state index in [2.05, 4.69) is 10.3 Å². The van der Waals surface area contributed by atoms with Crippen LogP contribution in [0.1, 0.15) is 49.7 Å². The number of carbonyl (C=O) groups excluding carboxylic acids is 2. The molecule has 0 bridgehead atoms. The molecule has 0 atom stereocenters. The number of carboxylic acid groups (broad SMARTS) is 1. The lowest BCUT2D eigenvalue weighted by atomic mass is 9.71. The summed E-state index contributed by atoms with van der Waals surface area (Å²) in [5, 5.41) is 11.7. The standard InChI is InChI=1S/C21H25N3O4/c25-17(26)6-5-14-11-16-12-21(20(28)23-18(16)22-13-14)7-9-24(10-8-21)19(27)15-3-1-2-4-15/h5-6,11,13,15H,1-4,7-10,12H2,(H,25,26)(H,22,23,28). The van der Waals surface area contributed by atoms with E-state index in [0.29, 0.717) is 43.7 Å². The molecule has 0 aromatic carbocycles. The summed E-state index contributed by atoms with van der Waals surface area (Å²) in [6.45, 7) is 1.23. The van der Waals surface area contributed by atoms with Crippen molar-refractivity contribution >= 4 is 29.7 Å². The highest BCUT2D eigenvalue weighted by molar-refractivity contribution is 5.98. The molecule has 1 saturated carbocycles. The number of pyridine rings is 1. The van der Waals surface area contributed by atoms with Crippen LogP contribution < -0.4 is 5.32 Å². The fraction of sp³-hybridized carbons (Fsp3) is 0.524. The highest BCUT2D eigenvalue weighted by Gasteiger charge is 2.46. The highest BCUT2D eigenvalue weighted by atomic mass is 16.4. The number of hydrogen-bond acceptors (Lipinski definition) is 4. The first kappa shape index (κ1) is 18.7. The van der Waals surface area contributed by atoms with Crippen LogP contribution in [0.4, 0.5) is 5.82 Å². The van der Waals surface area contributed by atoms with Crippen molar-refractivity contribution in [2.75, 3.05) is 18.4 Å². The summed E-state index contributed by atoms with van der Waals surface area (Å²) in [7, 11) is 0. The molecule has 0 unspecified atom stereocenters. The van der Waals surface area contributed by atoms with Crippen LogP contribution in [-0.4, -0.2) is 45.9 Å². The molecule has 1 aromatic heterocycles. The van der Waals surface area contributed by atoms with E-state index in [1.165, 1.54) is 6.08 Å². The van der Waals surface area contributed by atoms with Crippen molar-refractivity contribution in [2.45, 2.75) is 44.9 Å². The van der Waals surface area contributed by atoms with Crippen LogP contribution in [0, 0.1) is 11.3 Å². The average molecular weight is 383 g/mol. The van der Waals surface area contributed by atoms with Gasteiger partial charge in [-0.25, -0.2) is 9.78 Å². The Kier molecular flexibility index (Phi) is 4.91. The van der Waals surface area contributed by atoms with Gasteiger partial charge in [-0.05, 0) is 55.4 Å². The Hall–Kier alpha value is -2.70. The van der Waals surface area contributed by atoms with Gasteiger partial charge in [-0.15, -0.1) is 0 Å². The number of carbonyl (C=O) groups is 3. The molecule has 1 aromatic rings. The Morgan fingerprint density at radius 3 is 2.64 bits per heavy atom. The van der Waals surface area contributed by atoms with Crippen molar-refractivity contribution in [1.29, 1.82) is 0 Å². The van der Waals surface area contributed by atoms with Crippen LogP contribution in [0.2, 0.25) is 0 Å². The largest absolute Gasteiger partial charge is 0.478 e. The zero-order valence-electron chi connectivity index (χ0n) is 15.8. The molecule has 2 aliphatic heterocycles. The number of fused-ring (bicyclic) bond motifs is 1. The molecule has 7 heteroatoms. The zero-order valence-corrected chi connectivity index (χ0v) is 15.8. The number of anilines is 1. The van der Waals surface area contributed by atoms with Crippen molar-refractivity contribution in [2.24, 2.45) is 11.3 Å². The summed E-state index contributed by atoms with van der Waals surface area (Å²) in [5.74, 6) is -0.0573. The quantitative estimate of drug-likeness (QED) is 0.781. The van der Waals surface area contributed by atoms with Crippen LogP contribution in [-0.2, 0) is 20.8 Å². The van der Waals surface area contributed by atoms with Gasteiger partial charge in [-0.2, -0.15) is 0 Å². The summed E-state index contributed by atoms with van der Waals surface area (Å²) in [6, 6.07) is 1.89. The van der Waals surface area contributed by atoms with Gasteiger partial charge in [-0.3, -0.25) is 9.59 Å². The molecule has 148 valence electrons. The summed E-state index contributed by atoms with van der Waals surface area (Å²) in [5.41, 5.74) is 1.10.